The van der Waals surface area contributed by atoms with Crippen LogP contribution in [0, 0.1) is 0 Å². The number of hydrogen-bond acceptors (Lipinski definition) is 2. The number of rotatable bonds is 5. The zero-order chi connectivity index (χ0) is 14.5. The Balaban J connectivity index is 2.22. The molecule has 2 nitrogen and oxygen atoms in total. The van der Waals surface area contributed by atoms with E-state index < -0.39 is 0 Å². The minimum absolute atomic E-state index is 0.358. The molecule has 0 unspecified atom stereocenters. The first-order valence-electron chi connectivity index (χ1n) is 5.94. The fourth-order valence-electron chi connectivity index (χ4n) is 1.78. The monoisotopic (exact) mass is 374 g/mol. The molecule has 2 rings (SSSR count). The van der Waals surface area contributed by atoms with E-state index in [0.717, 1.165) is 15.6 Å². The maximum atomic E-state index is 6.18. The standard InChI is InChI=1S/C15H13BrCl2O2/c1-19-14-4-2-3-10(8-17)15(14)20-9-11-5-6-12(16)7-13(11)18/h2-7H,8-9H2,1H3. The molecule has 2 aromatic rings. The van der Waals surface area contributed by atoms with Crippen molar-refractivity contribution in [1.29, 1.82) is 0 Å². The molecule has 20 heavy (non-hydrogen) atoms. The Morgan fingerprint density at radius 1 is 1.15 bits per heavy atom. The molecule has 0 atom stereocenters. The minimum Gasteiger partial charge on any atom is -0.493 e. The van der Waals surface area contributed by atoms with Gasteiger partial charge >= 0.3 is 0 Å². The van der Waals surface area contributed by atoms with E-state index in [1.165, 1.54) is 0 Å². The summed E-state index contributed by atoms with van der Waals surface area (Å²) in [4.78, 5) is 0. The molecule has 0 amide bonds. The van der Waals surface area contributed by atoms with Gasteiger partial charge in [-0.05, 0) is 18.2 Å². The van der Waals surface area contributed by atoms with Gasteiger partial charge in [0.1, 0.15) is 6.61 Å². The van der Waals surface area contributed by atoms with Crippen LogP contribution in [-0.4, -0.2) is 7.11 Å². The molecular formula is C15H13BrCl2O2. The Labute approximate surface area is 136 Å². The van der Waals surface area contributed by atoms with Gasteiger partial charge < -0.3 is 9.47 Å². The van der Waals surface area contributed by atoms with E-state index in [2.05, 4.69) is 15.9 Å². The van der Waals surface area contributed by atoms with Crippen molar-refractivity contribution in [3.63, 3.8) is 0 Å². The largest absolute Gasteiger partial charge is 0.493 e. The van der Waals surface area contributed by atoms with Crippen LogP contribution in [0.2, 0.25) is 5.02 Å². The van der Waals surface area contributed by atoms with Crippen LogP contribution < -0.4 is 9.47 Å². The van der Waals surface area contributed by atoms with Crippen molar-refractivity contribution in [2.24, 2.45) is 0 Å². The summed E-state index contributed by atoms with van der Waals surface area (Å²) in [6.07, 6.45) is 0. The van der Waals surface area contributed by atoms with Gasteiger partial charge in [0.05, 0.1) is 13.0 Å². The topological polar surface area (TPSA) is 18.5 Å². The first-order valence-corrected chi connectivity index (χ1v) is 7.65. The maximum absolute atomic E-state index is 6.18. The fraction of sp³-hybridized carbons (Fsp3) is 0.200. The lowest BCUT2D eigenvalue weighted by molar-refractivity contribution is 0.282. The smallest absolute Gasteiger partial charge is 0.166 e. The highest BCUT2D eigenvalue weighted by Gasteiger charge is 2.11. The molecular weight excluding hydrogens is 363 g/mol. The number of alkyl halides is 1. The summed E-state index contributed by atoms with van der Waals surface area (Å²) in [6, 6.07) is 11.3. The number of methoxy groups -OCH3 is 1. The summed E-state index contributed by atoms with van der Waals surface area (Å²) < 4.78 is 12.1. The SMILES string of the molecule is COc1cccc(CCl)c1OCc1ccc(Br)cc1Cl. The normalized spacial score (nSPS) is 10.4. The van der Waals surface area contributed by atoms with Gasteiger partial charge in [0.25, 0.3) is 0 Å². The van der Waals surface area contributed by atoms with Crippen molar-refractivity contribution in [1.82, 2.24) is 0 Å². The summed E-state index contributed by atoms with van der Waals surface area (Å²) in [7, 11) is 1.60. The molecule has 0 bridgehead atoms. The molecule has 0 saturated heterocycles. The Bertz CT molecular complexity index is 580. The lowest BCUT2D eigenvalue weighted by atomic mass is 10.2. The number of halogens is 3. The molecule has 0 saturated carbocycles. The van der Waals surface area contributed by atoms with Gasteiger partial charge in [0.2, 0.25) is 0 Å². The third-order valence-corrected chi connectivity index (χ3v) is 3.94. The van der Waals surface area contributed by atoms with Crippen molar-refractivity contribution in [2.45, 2.75) is 12.5 Å². The quantitative estimate of drug-likeness (QED) is 0.648. The predicted octanol–water partition coefficient (Wildman–Crippen LogP) is 5.43. The Morgan fingerprint density at radius 3 is 2.60 bits per heavy atom. The zero-order valence-corrected chi connectivity index (χ0v) is 13.9. The lowest BCUT2D eigenvalue weighted by Crippen LogP contribution is -2.01. The summed E-state index contributed by atoms with van der Waals surface area (Å²) >= 11 is 15.5. The highest BCUT2D eigenvalue weighted by Crippen LogP contribution is 2.33. The van der Waals surface area contributed by atoms with Gasteiger partial charge in [-0.1, -0.05) is 45.7 Å². The van der Waals surface area contributed by atoms with Crippen LogP contribution in [0.4, 0.5) is 0 Å². The highest BCUT2D eigenvalue weighted by atomic mass is 79.9. The van der Waals surface area contributed by atoms with Gasteiger partial charge in [0.15, 0.2) is 11.5 Å². The van der Waals surface area contributed by atoms with E-state index in [4.69, 9.17) is 32.7 Å². The third kappa shape index (κ3) is 3.60. The van der Waals surface area contributed by atoms with Crippen molar-refractivity contribution < 1.29 is 9.47 Å². The molecule has 0 aliphatic rings. The van der Waals surface area contributed by atoms with Crippen molar-refractivity contribution >= 4 is 39.1 Å². The van der Waals surface area contributed by atoms with Gasteiger partial charge in [-0.15, -0.1) is 11.6 Å². The molecule has 0 radical (unpaired) electrons. The second-order valence-corrected chi connectivity index (χ2v) is 5.70. The number of hydrogen-bond donors (Lipinski definition) is 0. The second kappa shape index (κ2) is 7.21. The maximum Gasteiger partial charge on any atom is 0.166 e. The van der Waals surface area contributed by atoms with E-state index >= 15 is 0 Å². The fourth-order valence-corrected chi connectivity index (χ4v) is 2.72. The van der Waals surface area contributed by atoms with Crippen LogP contribution >= 0.6 is 39.1 Å². The molecule has 0 fully saturated rings. The Hall–Kier alpha value is -0.900. The molecule has 106 valence electrons. The van der Waals surface area contributed by atoms with Crippen LogP contribution in [0.1, 0.15) is 11.1 Å². The molecule has 0 N–H and O–H groups in total. The van der Waals surface area contributed by atoms with Crippen molar-refractivity contribution in [3.8, 4) is 11.5 Å². The minimum atomic E-state index is 0.358. The molecule has 0 aliphatic carbocycles. The number of benzene rings is 2. The zero-order valence-electron chi connectivity index (χ0n) is 10.8. The lowest BCUT2D eigenvalue weighted by Gasteiger charge is -2.14. The summed E-state index contributed by atoms with van der Waals surface area (Å²) in [6.45, 7) is 0.358. The van der Waals surface area contributed by atoms with Crippen molar-refractivity contribution in [3.05, 3.63) is 57.0 Å². The molecule has 0 heterocycles. The number of ether oxygens (including phenoxy) is 2. The van der Waals surface area contributed by atoms with Gasteiger partial charge in [-0.3, -0.25) is 0 Å². The van der Waals surface area contributed by atoms with Crippen LogP contribution in [-0.2, 0) is 12.5 Å². The third-order valence-electron chi connectivity index (χ3n) is 2.81. The average Bonchev–Trinajstić information content (AvgIpc) is 2.46. The highest BCUT2D eigenvalue weighted by molar-refractivity contribution is 9.10. The van der Waals surface area contributed by atoms with Crippen LogP contribution in [0.15, 0.2) is 40.9 Å². The molecule has 0 aliphatic heterocycles. The van der Waals surface area contributed by atoms with E-state index in [0.29, 0.717) is 29.0 Å². The average molecular weight is 376 g/mol. The molecule has 2 aromatic carbocycles. The van der Waals surface area contributed by atoms with E-state index in [9.17, 15) is 0 Å². The Morgan fingerprint density at radius 2 is 1.95 bits per heavy atom. The van der Waals surface area contributed by atoms with Crippen LogP contribution in [0.5, 0.6) is 11.5 Å². The van der Waals surface area contributed by atoms with Crippen LogP contribution in [0.3, 0.4) is 0 Å². The summed E-state index contributed by atoms with van der Waals surface area (Å²) in [5.74, 6) is 1.68. The summed E-state index contributed by atoms with van der Waals surface area (Å²) in [5, 5.41) is 0.654. The second-order valence-electron chi connectivity index (χ2n) is 4.11. The molecule has 5 heteroatoms. The summed E-state index contributed by atoms with van der Waals surface area (Å²) in [5.41, 5.74) is 1.79. The number of para-hydroxylation sites is 1. The molecule has 0 aromatic heterocycles. The van der Waals surface area contributed by atoms with Gasteiger partial charge in [-0.2, -0.15) is 0 Å². The van der Waals surface area contributed by atoms with E-state index in [-0.39, 0.29) is 0 Å². The Kier molecular flexibility index (Phi) is 5.58. The van der Waals surface area contributed by atoms with Gasteiger partial charge in [-0.25, -0.2) is 0 Å². The van der Waals surface area contributed by atoms with E-state index in [1.807, 2.05) is 36.4 Å². The van der Waals surface area contributed by atoms with Crippen LogP contribution in [0.25, 0.3) is 0 Å². The van der Waals surface area contributed by atoms with E-state index in [1.54, 1.807) is 7.11 Å². The predicted molar refractivity (Wildman–Crippen MR) is 86.0 cm³/mol. The first kappa shape index (κ1) is 15.5. The van der Waals surface area contributed by atoms with Gasteiger partial charge in [0, 0.05) is 20.6 Å². The molecule has 0 spiro atoms. The first-order chi connectivity index (χ1) is 9.65. The van der Waals surface area contributed by atoms with Crippen molar-refractivity contribution in [2.75, 3.05) is 7.11 Å².